The normalized spacial score (nSPS) is 23.6. The predicted molar refractivity (Wildman–Crippen MR) is 65.6 cm³/mol. The number of benzene rings is 1. The number of allylic oxidation sites excluding steroid dienone is 3. The minimum atomic E-state index is -2.17. The summed E-state index contributed by atoms with van der Waals surface area (Å²) in [5, 5.41) is 9.72. The molecule has 0 bridgehead atoms. The highest BCUT2D eigenvalue weighted by atomic mass is 19.1. The number of carbonyl (C=O) groups is 1. The van der Waals surface area contributed by atoms with Gasteiger partial charge in [0.1, 0.15) is 5.76 Å². The molecule has 1 N–H and O–H groups in total. The van der Waals surface area contributed by atoms with Crippen molar-refractivity contribution in [1.29, 1.82) is 0 Å². The lowest BCUT2D eigenvalue weighted by Crippen LogP contribution is -2.30. The van der Waals surface area contributed by atoms with Gasteiger partial charge in [-0.05, 0) is 11.6 Å². The number of aliphatic hydroxyl groups is 1. The van der Waals surface area contributed by atoms with Gasteiger partial charge >= 0.3 is 0 Å². The van der Waals surface area contributed by atoms with Crippen LogP contribution in [-0.4, -0.2) is 24.2 Å². The van der Waals surface area contributed by atoms with Crippen LogP contribution in [0.5, 0.6) is 0 Å². The molecular formula is C14H13FO3. The van der Waals surface area contributed by atoms with E-state index in [0.29, 0.717) is 5.56 Å². The van der Waals surface area contributed by atoms with Gasteiger partial charge in [-0.1, -0.05) is 30.3 Å². The molecule has 1 unspecified atom stereocenters. The second kappa shape index (κ2) is 4.64. The van der Waals surface area contributed by atoms with Crippen LogP contribution in [0.25, 0.3) is 5.57 Å². The van der Waals surface area contributed by atoms with Crippen LogP contribution < -0.4 is 0 Å². The Hall–Kier alpha value is -2.10. The van der Waals surface area contributed by atoms with Crippen molar-refractivity contribution in [2.24, 2.45) is 0 Å². The van der Waals surface area contributed by atoms with E-state index in [4.69, 9.17) is 4.74 Å². The molecule has 94 valence electrons. The maximum Gasteiger partial charge on any atom is 0.198 e. The van der Waals surface area contributed by atoms with Crippen molar-refractivity contribution < 1.29 is 19.0 Å². The molecule has 0 saturated carbocycles. The average Bonchev–Trinajstić information content (AvgIpc) is 2.42. The van der Waals surface area contributed by atoms with Crippen molar-refractivity contribution in [2.45, 2.75) is 12.1 Å². The maximum absolute atomic E-state index is 14.6. The van der Waals surface area contributed by atoms with Gasteiger partial charge in [-0.25, -0.2) is 4.39 Å². The summed E-state index contributed by atoms with van der Waals surface area (Å²) in [6.07, 6.45) is 1.20. The zero-order valence-corrected chi connectivity index (χ0v) is 9.89. The fraction of sp³-hybridized carbons (Fsp3) is 0.214. The maximum atomic E-state index is 14.6. The van der Waals surface area contributed by atoms with Gasteiger partial charge in [-0.15, -0.1) is 0 Å². The third kappa shape index (κ3) is 2.01. The standard InChI is InChI=1S/C14H13FO3/c1-18-13-8-14(15,9-16)11(7-12(13)17)10-5-3-2-4-6-10/h2-7,9,17H,8H2,1H3. The number of halogens is 1. The smallest absolute Gasteiger partial charge is 0.198 e. The Labute approximate surface area is 104 Å². The van der Waals surface area contributed by atoms with Crippen molar-refractivity contribution in [3.05, 3.63) is 53.5 Å². The third-order valence-electron chi connectivity index (χ3n) is 2.95. The molecule has 1 aliphatic carbocycles. The highest BCUT2D eigenvalue weighted by molar-refractivity contribution is 5.90. The topological polar surface area (TPSA) is 46.5 Å². The van der Waals surface area contributed by atoms with E-state index >= 15 is 0 Å². The zero-order valence-electron chi connectivity index (χ0n) is 9.89. The monoisotopic (exact) mass is 248 g/mol. The molecule has 3 nitrogen and oxygen atoms in total. The molecule has 1 aliphatic rings. The molecule has 0 aromatic heterocycles. The summed E-state index contributed by atoms with van der Waals surface area (Å²) in [6.45, 7) is 0. The average molecular weight is 248 g/mol. The summed E-state index contributed by atoms with van der Waals surface area (Å²) in [6, 6.07) is 8.66. The van der Waals surface area contributed by atoms with E-state index in [1.165, 1.54) is 13.2 Å². The van der Waals surface area contributed by atoms with Gasteiger partial charge in [0.2, 0.25) is 0 Å². The van der Waals surface area contributed by atoms with Gasteiger partial charge in [0.15, 0.2) is 17.7 Å². The molecule has 2 rings (SSSR count). The Morgan fingerprint density at radius 2 is 2.06 bits per heavy atom. The molecule has 18 heavy (non-hydrogen) atoms. The van der Waals surface area contributed by atoms with Crippen molar-refractivity contribution in [3.63, 3.8) is 0 Å². The molecule has 1 atom stereocenters. The lowest BCUT2D eigenvalue weighted by atomic mass is 9.83. The zero-order chi connectivity index (χ0) is 13.2. The quantitative estimate of drug-likeness (QED) is 0.837. The van der Waals surface area contributed by atoms with E-state index in [1.807, 2.05) is 0 Å². The SMILES string of the molecule is COC1=C(O)C=C(c2ccccc2)C(F)(C=O)C1. The van der Waals surface area contributed by atoms with Crippen molar-refractivity contribution in [2.75, 3.05) is 7.11 Å². The molecule has 0 radical (unpaired) electrons. The lowest BCUT2D eigenvalue weighted by molar-refractivity contribution is -0.115. The minimum absolute atomic E-state index is 0.0734. The lowest BCUT2D eigenvalue weighted by Gasteiger charge is -2.27. The molecule has 4 heteroatoms. The first kappa shape index (κ1) is 12.4. The summed E-state index contributed by atoms with van der Waals surface area (Å²) in [4.78, 5) is 11.1. The van der Waals surface area contributed by atoms with Crippen molar-refractivity contribution >= 4 is 11.9 Å². The second-order valence-electron chi connectivity index (χ2n) is 4.09. The molecule has 1 aromatic carbocycles. The molecule has 0 aliphatic heterocycles. The van der Waals surface area contributed by atoms with Crippen LogP contribution in [0.3, 0.4) is 0 Å². The fourth-order valence-electron chi connectivity index (χ4n) is 1.98. The predicted octanol–water partition coefficient (Wildman–Crippen LogP) is 2.80. The van der Waals surface area contributed by atoms with E-state index in [0.717, 1.165) is 0 Å². The number of alkyl halides is 1. The molecular weight excluding hydrogens is 235 g/mol. The van der Waals surface area contributed by atoms with Gasteiger partial charge in [0.05, 0.1) is 13.5 Å². The Balaban J connectivity index is 2.55. The first-order valence-electron chi connectivity index (χ1n) is 5.49. The number of aliphatic hydroxyl groups excluding tert-OH is 1. The van der Waals surface area contributed by atoms with Crippen LogP contribution in [-0.2, 0) is 9.53 Å². The van der Waals surface area contributed by atoms with Gasteiger partial charge in [-0.2, -0.15) is 0 Å². The first-order valence-corrected chi connectivity index (χ1v) is 5.49. The third-order valence-corrected chi connectivity index (χ3v) is 2.95. The summed E-state index contributed by atoms with van der Waals surface area (Å²) in [5.41, 5.74) is -1.45. The number of hydrogen-bond donors (Lipinski definition) is 1. The van der Waals surface area contributed by atoms with Gasteiger partial charge in [0.25, 0.3) is 0 Å². The highest BCUT2D eigenvalue weighted by Gasteiger charge is 2.40. The Bertz CT molecular complexity index is 519. The summed E-state index contributed by atoms with van der Waals surface area (Å²) in [7, 11) is 1.33. The van der Waals surface area contributed by atoms with E-state index in [-0.39, 0.29) is 29.8 Å². The van der Waals surface area contributed by atoms with Crippen LogP contribution in [0.4, 0.5) is 4.39 Å². The van der Waals surface area contributed by atoms with Gasteiger partial charge in [-0.3, -0.25) is 4.79 Å². The number of rotatable bonds is 3. The Morgan fingerprint density at radius 1 is 1.39 bits per heavy atom. The van der Waals surface area contributed by atoms with Gasteiger partial charge < -0.3 is 9.84 Å². The van der Waals surface area contributed by atoms with E-state index in [9.17, 15) is 14.3 Å². The molecule has 0 heterocycles. The number of hydrogen-bond acceptors (Lipinski definition) is 3. The summed E-state index contributed by atoms with van der Waals surface area (Å²) < 4.78 is 19.5. The molecule has 0 fully saturated rings. The number of carbonyl (C=O) groups excluding carboxylic acids is 1. The first-order chi connectivity index (χ1) is 8.60. The van der Waals surface area contributed by atoms with Crippen LogP contribution in [0.15, 0.2) is 47.9 Å². The molecule has 0 spiro atoms. The Kier molecular flexibility index (Phi) is 3.19. The largest absolute Gasteiger partial charge is 0.504 e. The minimum Gasteiger partial charge on any atom is -0.504 e. The van der Waals surface area contributed by atoms with E-state index < -0.39 is 5.67 Å². The second-order valence-corrected chi connectivity index (χ2v) is 4.09. The highest BCUT2D eigenvalue weighted by Crippen LogP contribution is 2.39. The van der Waals surface area contributed by atoms with Crippen molar-refractivity contribution in [3.8, 4) is 0 Å². The summed E-state index contributed by atoms with van der Waals surface area (Å²) >= 11 is 0. The number of ether oxygens (including phenoxy) is 1. The van der Waals surface area contributed by atoms with Crippen molar-refractivity contribution in [1.82, 2.24) is 0 Å². The van der Waals surface area contributed by atoms with Crippen LogP contribution in [0.1, 0.15) is 12.0 Å². The number of methoxy groups -OCH3 is 1. The molecule has 0 amide bonds. The summed E-state index contributed by atoms with van der Waals surface area (Å²) in [5.74, 6) is -0.0734. The Morgan fingerprint density at radius 3 is 2.61 bits per heavy atom. The molecule has 1 aromatic rings. The van der Waals surface area contributed by atoms with E-state index in [2.05, 4.69) is 0 Å². The fourth-order valence-corrected chi connectivity index (χ4v) is 1.98. The van der Waals surface area contributed by atoms with Crippen LogP contribution in [0, 0.1) is 0 Å². The van der Waals surface area contributed by atoms with Crippen LogP contribution >= 0.6 is 0 Å². The van der Waals surface area contributed by atoms with E-state index in [1.54, 1.807) is 30.3 Å². The molecule has 0 saturated heterocycles. The van der Waals surface area contributed by atoms with Gasteiger partial charge in [0, 0.05) is 5.57 Å². The van der Waals surface area contributed by atoms with Crippen LogP contribution in [0.2, 0.25) is 0 Å². The number of aldehydes is 1.